The van der Waals surface area contributed by atoms with Crippen molar-refractivity contribution in [3.63, 3.8) is 0 Å². The fraction of sp³-hybridized carbons (Fsp3) is 0.533. The third-order valence-electron chi connectivity index (χ3n) is 3.95. The first-order chi connectivity index (χ1) is 7.86. The second kappa shape index (κ2) is 3.86. The van der Waals surface area contributed by atoms with E-state index in [-0.39, 0.29) is 0 Å². The van der Waals surface area contributed by atoms with Crippen LogP contribution in [0.25, 0.3) is 10.9 Å². The summed E-state index contributed by atoms with van der Waals surface area (Å²) in [6.07, 6.45) is 0. The average molecular weight is 230 g/mol. The molecular weight excluding hydrogens is 208 g/mol. The van der Waals surface area contributed by atoms with Crippen LogP contribution in [0.5, 0.6) is 0 Å². The summed E-state index contributed by atoms with van der Waals surface area (Å²) in [5.74, 6) is 0.541. The van der Waals surface area contributed by atoms with E-state index in [4.69, 9.17) is 0 Å². The normalized spacial score (nSPS) is 11.8. The lowest BCUT2D eigenvalue weighted by atomic mass is 9.88. The summed E-state index contributed by atoms with van der Waals surface area (Å²) in [6.45, 7) is 13.3. The first-order valence-corrected chi connectivity index (χ1v) is 6.29. The summed E-state index contributed by atoms with van der Waals surface area (Å²) in [5.41, 5.74) is 8.12. The Bertz CT molecular complexity index is 589. The molecule has 0 atom stereocenters. The van der Waals surface area contributed by atoms with Gasteiger partial charge in [0.15, 0.2) is 0 Å². The van der Waals surface area contributed by atoms with Gasteiger partial charge in [-0.05, 0) is 55.9 Å². The summed E-state index contributed by atoms with van der Waals surface area (Å²) in [4.78, 5) is 0. The SMILES string of the molecule is Cc1c(C)c(C)c2c(c(C)nn2C)c1C(C)C. The Labute approximate surface area is 104 Å². The van der Waals surface area contributed by atoms with E-state index in [0.717, 1.165) is 5.69 Å². The average Bonchev–Trinajstić information content (AvgIpc) is 2.51. The van der Waals surface area contributed by atoms with Crippen molar-refractivity contribution in [2.45, 2.75) is 47.5 Å². The minimum Gasteiger partial charge on any atom is -0.267 e. The van der Waals surface area contributed by atoms with Crippen molar-refractivity contribution in [3.8, 4) is 0 Å². The molecule has 0 saturated heterocycles. The van der Waals surface area contributed by atoms with E-state index in [1.165, 1.54) is 33.2 Å². The first kappa shape index (κ1) is 12.2. The largest absolute Gasteiger partial charge is 0.267 e. The van der Waals surface area contributed by atoms with Crippen molar-refractivity contribution < 1.29 is 0 Å². The van der Waals surface area contributed by atoms with E-state index in [9.17, 15) is 0 Å². The molecule has 1 heterocycles. The number of hydrogen-bond donors (Lipinski definition) is 0. The van der Waals surface area contributed by atoms with Crippen molar-refractivity contribution >= 4 is 10.9 Å². The van der Waals surface area contributed by atoms with E-state index >= 15 is 0 Å². The Morgan fingerprint density at radius 1 is 0.941 bits per heavy atom. The summed E-state index contributed by atoms with van der Waals surface area (Å²) in [7, 11) is 2.04. The van der Waals surface area contributed by atoms with Gasteiger partial charge in [-0.1, -0.05) is 13.8 Å². The second-order valence-corrected chi connectivity index (χ2v) is 5.38. The fourth-order valence-electron chi connectivity index (χ4n) is 2.98. The van der Waals surface area contributed by atoms with Gasteiger partial charge in [-0.2, -0.15) is 5.10 Å². The standard InChI is InChI=1S/C15H22N2/c1-8(2)13-10(4)9(3)11(5)15-14(13)12(6)16-17(15)7/h8H,1-7H3. The summed E-state index contributed by atoms with van der Waals surface area (Å²) in [5, 5.41) is 5.96. The third kappa shape index (κ3) is 1.58. The number of aromatic nitrogens is 2. The Balaban J connectivity index is 3.07. The quantitative estimate of drug-likeness (QED) is 0.725. The lowest BCUT2D eigenvalue weighted by Crippen LogP contribution is -2.01. The lowest BCUT2D eigenvalue weighted by molar-refractivity contribution is 0.781. The molecule has 0 aliphatic carbocycles. The predicted molar refractivity (Wildman–Crippen MR) is 73.8 cm³/mol. The molecule has 0 N–H and O–H groups in total. The van der Waals surface area contributed by atoms with Crippen molar-refractivity contribution in [1.82, 2.24) is 9.78 Å². The zero-order valence-electron chi connectivity index (χ0n) is 12.0. The molecule has 2 heteroatoms. The number of benzene rings is 1. The van der Waals surface area contributed by atoms with Gasteiger partial charge in [0.25, 0.3) is 0 Å². The lowest BCUT2D eigenvalue weighted by Gasteiger charge is -2.17. The van der Waals surface area contributed by atoms with E-state index in [0.29, 0.717) is 5.92 Å². The van der Waals surface area contributed by atoms with E-state index < -0.39 is 0 Å². The van der Waals surface area contributed by atoms with Crippen LogP contribution in [-0.2, 0) is 7.05 Å². The maximum Gasteiger partial charge on any atom is 0.0716 e. The van der Waals surface area contributed by atoms with Gasteiger partial charge < -0.3 is 0 Å². The van der Waals surface area contributed by atoms with Crippen LogP contribution in [0.3, 0.4) is 0 Å². The van der Waals surface area contributed by atoms with Crippen LogP contribution in [0.1, 0.15) is 47.7 Å². The Hall–Kier alpha value is -1.31. The number of hydrogen-bond acceptors (Lipinski definition) is 1. The van der Waals surface area contributed by atoms with Crippen LogP contribution in [0.4, 0.5) is 0 Å². The number of fused-ring (bicyclic) bond motifs is 1. The number of nitrogens with zero attached hydrogens (tertiary/aromatic N) is 2. The van der Waals surface area contributed by atoms with Crippen molar-refractivity contribution in [2.24, 2.45) is 7.05 Å². The molecule has 0 spiro atoms. The third-order valence-corrected chi connectivity index (χ3v) is 3.95. The summed E-state index contributed by atoms with van der Waals surface area (Å²) in [6, 6.07) is 0. The van der Waals surface area contributed by atoms with Crippen LogP contribution in [0, 0.1) is 27.7 Å². The van der Waals surface area contributed by atoms with Crippen molar-refractivity contribution in [2.75, 3.05) is 0 Å². The van der Waals surface area contributed by atoms with E-state index in [1.54, 1.807) is 0 Å². The Morgan fingerprint density at radius 3 is 2.06 bits per heavy atom. The highest BCUT2D eigenvalue weighted by Gasteiger charge is 2.19. The van der Waals surface area contributed by atoms with Crippen LogP contribution >= 0.6 is 0 Å². The Morgan fingerprint density at radius 2 is 1.53 bits per heavy atom. The summed E-state index contributed by atoms with van der Waals surface area (Å²) < 4.78 is 2.03. The molecule has 0 bridgehead atoms. The molecular formula is C15H22N2. The van der Waals surface area contributed by atoms with E-state index in [2.05, 4.69) is 46.6 Å². The molecule has 0 unspecified atom stereocenters. The zero-order chi connectivity index (χ0) is 12.9. The van der Waals surface area contributed by atoms with Gasteiger partial charge in [0.2, 0.25) is 0 Å². The maximum atomic E-state index is 4.59. The molecule has 0 radical (unpaired) electrons. The molecule has 17 heavy (non-hydrogen) atoms. The minimum atomic E-state index is 0.541. The molecule has 0 saturated carbocycles. The zero-order valence-corrected chi connectivity index (χ0v) is 12.0. The number of aryl methyl sites for hydroxylation is 3. The summed E-state index contributed by atoms with van der Waals surface area (Å²) >= 11 is 0. The van der Waals surface area contributed by atoms with Gasteiger partial charge in [-0.15, -0.1) is 0 Å². The van der Waals surface area contributed by atoms with Crippen LogP contribution in [0.2, 0.25) is 0 Å². The topological polar surface area (TPSA) is 17.8 Å². The molecule has 0 aliphatic heterocycles. The van der Waals surface area contributed by atoms with Crippen molar-refractivity contribution in [3.05, 3.63) is 27.9 Å². The van der Waals surface area contributed by atoms with Gasteiger partial charge in [-0.3, -0.25) is 4.68 Å². The van der Waals surface area contributed by atoms with Gasteiger partial charge in [0, 0.05) is 12.4 Å². The van der Waals surface area contributed by atoms with Gasteiger partial charge in [-0.25, -0.2) is 0 Å². The predicted octanol–water partition coefficient (Wildman–Crippen LogP) is 3.93. The fourth-order valence-corrected chi connectivity index (χ4v) is 2.98. The van der Waals surface area contributed by atoms with E-state index in [1.807, 2.05) is 11.7 Å². The monoisotopic (exact) mass is 230 g/mol. The van der Waals surface area contributed by atoms with Gasteiger partial charge in [0.05, 0.1) is 11.2 Å². The first-order valence-electron chi connectivity index (χ1n) is 6.29. The smallest absolute Gasteiger partial charge is 0.0716 e. The van der Waals surface area contributed by atoms with Crippen LogP contribution in [-0.4, -0.2) is 9.78 Å². The highest BCUT2D eigenvalue weighted by atomic mass is 15.3. The molecule has 0 amide bonds. The minimum absolute atomic E-state index is 0.541. The molecule has 92 valence electrons. The molecule has 0 fully saturated rings. The van der Waals surface area contributed by atoms with Crippen LogP contribution in [0.15, 0.2) is 0 Å². The molecule has 2 aromatic rings. The highest BCUT2D eigenvalue weighted by molar-refractivity contribution is 5.90. The maximum absolute atomic E-state index is 4.59. The molecule has 0 aliphatic rings. The molecule has 1 aromatic heterocycles. The van der Waals surface area contributed by atoms with Crippen LogP contribution < -0.4 is 0 Å². The highest BCUT2D eigenvalue weighted by Crippen LogP contribution is 2.35. The van der Waals surface area contributed by atoms with Gasteiger partial charge >= 0.3 is 0 Å². The van der Waals surface area contributed by atoms with Crippen molar-refractivity contribution in [1.29, 1.82) is 0 Å². The molecule has 2 rings (SSSR count). The molecule has 1 aromatic carbocycles. The number of rotatable bonds is 1. The second-order valence-electron chi connectivity index (χ2n) is 5.38. The van der Waals surface area contributed by atoms with Gasteiger partial charge in [0.1, 0.15) is 0 Å². The Kier molecular flexibility index (Phi) is 2.76. The molecule has 2 nitrogen and oxygen atoms in total.